The number of rotatable bonds is 8. The lowest BCUT2D eigenvalue weighted by Crippen LogP contribution is -2.40. The Morgan fingerprint density at radius 3 is 2.80 bits per heavy atom. The molecule has 1 fully saturated rings. The molecule has 1 aliphatic rings. The normalized spacial score (nSPS) is 22.0. The molecule has 0 atom stereocenters. The van der Waals surface area contributed by atoms with E-state index in [2.05, 4.69) is 59.4 Å². The first kappa shape index (κ1) is 16.0. The predicted molar refractivity (Wildman–Crippen MR) is 88.2 cm³/mol. The molecule has 0 aliphatic heterocycles. The highest BCUT2D eigenvalue weighted by Crippen LogP contribution is 2.37. The second-order valence-electron chi connectivity index (χ2n) is 6.00. The SMILES string of the molecule is CC(C)OCCCCNC1CC(c2cccc(Br)c2)C1. The lowest BCUT2D eigenvalue weighted by molar-refractivity contribution is 0.0757. The van der Waals surface area contributed by atoms with Crippen LogP contribution in [0.4, 0.5) is 0 Å². The van der Waals surface area contributed by atoms with E-state index in [1.54, 1.807) is 0 Å². The van der Waals surface area contributed by atoms with Gasteiger partial charge in [-0.25, -0.2) is 0 Å². The summed E-state index contributed by atoms with van der Waals surface area (Å²) >= 11 is 3.55. The fourth-order valence-corrected chi connectivity index (χ4v) is 3.09. The standard InChI is InChI=1S/C17H26BrNO/c1-13(2)20-9-4-3-8-19-17-11-15(12-17)14-6-5-7-16(18)10-14/h5-7,10,13,15,17,19H,3-4,8-9,11-12H2,1-2H3. The van der Waals surface area contributed by atoms with Gasteiger partial charge in [0.25, 0.3) is 0 Å². The van der Waals surface area contributed by atoms with Crippen LogP contribution in [0.3, 0.4) is 0 Å². The second kappa shape index (κ2) is 8.16. The quantitative estimate of drug-likeness (QED) is 0.704. The van der Waals surface area contributed by atoms with Gasteiger partial charge in [0.1, 0.15) is 0 Å². The van der Waals surface area contributed by atoms with Crippen LogP contribution in [0.25, 0.3) is 0 Å². The van der Waals surface area contributed by atoms with Crippen LogP contribution < -0.4 is 5.32 Å². The molecule has 20 heavy (non-hydrogen) atoms. The van der Waals surface area contributed by atoms with E-state index in [4.69, 9.17) is 4.74 Å². The Bertz CT molecular complexity index is 402. The van der Waals surface area contributed by atoms with Crippen LogP contribution in [0, 0.1) is 0 Å². The molecular weight excluding hydrogens is 314 g/mol. The average Bonchev–Trinajstić information content (AvgIpc) is 2.35. The number of halogens is 1. The van der Waals surface area contributed by atoms with E-state index >= 15 is 0 Å². The highest BCUT2D eigenvalue weighted by atomic mass is 79.9. The van der Waals surface area contributed by atoms with E-state index < -0.39 is 0 Å². The molecule has 2 nitrogen and oxygen atoms in total. The lowest BCUT2D eigenvalue weighted by Gasteiger charge is -2.36. The Morgan fingerprint density at radius 1 is 1.30 bits per heavy atom. The van der Waals surface area contributed by atoms with Gasteiger partial charge in [-0.2, -0.15) is 0 Å². The summed E-state index contributed by atoms with van der Waals surface area (Å²) in [5.74, 6) is 0.745. The van der Waals surface area contributed by atoms with Gasteiger partial charge in [0.05, 0.1) is 6.10 Å². The van der Waals surface area contributed by atoms with Crippen LogP contribution in [0.2, 0.25) is 0 Å². The zero-order valence-corrected chi connectivity index (χ0v) is 14.2. The molecule has 0 saturated heterocycles. The van der Waals surface area contributed by atoms with Gasteiger partial charge in [-0.3, -0.25) is 0 Å². The van der Waals surface area contributed by atoms with E-state index in [1.807, 2.05) is 0 Å². The number of unbranched alkanes of at least 4 members (excludes halogenated alkanes) is 1. The Kier molecular flexibility index (Phi) is 6.53. The Hall–Kier alpha value is -0.380. The topological polar surface area (TPSA) is 21.3 Å². The van der Waals surface area contributed by atoms with Gasteiger partial charge in [0.15, 0.2) is 0 Å². The molecule has 0 bridgehead atoms. The van der Waals surface area contributed by atoms with Crippen molar-refractivity contribution in [3.05, 3.63) is 34.3 Å². The van der Waals surface area contributed by atoms with Gasteiger partial charge in [-0.15, -0.1) is 0 Å². The minimum Gasteiger partial charge on any atom is -0.379 e. The van der Waals surface area contributed by atoms with Gasteiger partial charge in [-0.1, -0.05) is 28.1 Å². The van der Waals surface area contributed by atoms with Crippen LogP contribution >= 0.6 is 15.9 Å². The van der Waals surface area contributed by atoms with Crippen molar-refractivity contribution in [3.8, 4) is 0 Å². The van der Waals surface area contributed by atoms with Crippen LogP contribution in [-0.2, 0) is 4.74 Å². The van der Waals surface area contributed by atoms with Gasteiger partial charge >= 0.3 is 0 Å². The summed E-state index contributed by atoms with van der Waals surface area (Å²) in [6.45, 7) is 6.20. The molecule has 1 aromatic rings. The summed E-state index contributed by atoms with van der Waals surface area (Å²) in [6.07, 6.45) is 5.29. The summed E-state index contributed by atoms with van der Waals surface area (Å²) in [7, 11) is 0. The maximum atomic E-state index is 5.54. The third-order valence-electron chi connectivity index (χ3n) is 3.91. The minimum atomic E-state index is 0.362. The van der Waals surface area contributed by atoms with Crippen molar-refractivity contribution in [1.29, 1.82) is 0 Å². The molecule has 3 heteroatoms. The van der Waals surface area contributed by atoms with Crippen LogP contribution in [0.15, 0.2) is 28.7 Å². The molecular formula is C17H26BrNO. The van der Waals surface area contributed by atoms with Crippen molar-refractivity contribution >= 4 is 15.9 Å². The first-order valence-electron chi connectivity index (χ1n) is 7.75. The monoisotopic (exact) mass is 339 g/mol. The number of nitrogens with one attached hydrogen (secondary N) is 1. The summed E-state index contributed by atoms with van der Waals surface area (Å²) in [6, 6.07) is 9.44. The van der Waals surface area contributed by atoms with Crippen LogP contribution in [0.5, 0.6) is 0 Å². The molecule has 1 aromatic carbocycles. The summed E-state index contributed by atoms with van der Waals surface area (Å²) < 4.78 is 6.73. The van der Waals surface area contributed by atoms with Crippen molar-refractivity contribution < 1.29 is 4.74 Å². The minimum absolute atomic E-state index is 0.362. The first-order valence-corrected chi connectivity index (χ1v) is 8.55. The number of hydrogen-bond donors (Lipinski definition) is 1. The Morgan fingerprint density at radius 2 is 2.10 bits per heavy atom. The van der Waals surface area contributed by atoms with Crippen molar-refractivity contribution in [2.75, 3.05) is 13.2 Å². The third kappa shape index (κ3) is 5.19. The molecule has 0 radical (unpaired) electrons. The maximum absolute atomic E-state index is 5.54. The summed E-state index contributed by atoms with van der Waals surface area (Å²) in [5, 5.41) is 3.65. The number of benzene rings is 1. The first-order chi connectivity index (χ1) is 9.65. The van der Waals surface area contributed by atoms with Gasteiger partial charge in [-0.05, 0) is 69.7 Å². The van der Waals surface area contributed by atoms with Crippen molar-refractivity contribution in [3.63, 3.8) is 0 Å². The maximum Gasteiger partial charge on any atom is 0.0518 e. The van der Waals surface area contributed by atoms with E-state index in [0.29, 0.717) is 12.1 Å². The average molecular weight is 340 g/mol. The van der Waals surface area contributed by atoms with Crippen LogP contribution in [0.1, 0.15) is 51.0 Å². The zero-order valence-electron chi connectivity index (χ0n) is 12.6. The fourth-order valence-electron chi connectivity index (χ4n) is 2.67. The highest BCUT2D eigenvalue weighted by Gasteiger charge is 2.29. The Labute approximate surface area is 131 Å². The molecule has 0 heterocycles. The smallest absolute Gasteiger partial charge is 0.0518 e. The zero-order chi connectivity index (χ0) is 14.4. The molecule has 1 saturated carbocycles. The van der Waals surface area contributed by atoms with Gasteiger partial charge in [0.2, 0.25) is 0 Å². The number of ether oxygens (including phenoxy) is 1. The van der Waals surface area contributed by atoms with Gasteiger partial charge in [0, 0.05) is 17.1 Å². The molecule has 1 aliphatic carbocycles. The lowest BCUT2D eigenvalue weighted by atomic mass is 9.76. The summed E-state index contributed by atoms with van der Waals surface area (Å²) in [5.41, 5.74) is 1.47. The van der Waals surface area contributed by atoms with Gasteiger partial charge < -0.3 is 10.1 Å². The van der Waals surface area contributed by atoms with Crippen molar-refractivity contribution in [2.24, 2.45) is 0 Å². The molecule has 0 aromatic heterocycles. The fraction of sp³-hybridized carbons (Fsp3) is 0.647. The molecule has 112 valence electrons. The molecule has 0 spiro atoms. The van der Waals surface area contributed by atoms with Crippen molar-refractivity contribution in [1.82, 2.24) is 5.32 Å². The second-order valence-corrected chi connectivity index (χ2v) is 6.92. The van der Waals surface area contributed by atoms with E-state index in [9.17, 15) is 0 Å². The van der Waals surface area contributed by atoms with E-state index in [0.717, 1.165) is 25.5 Å². The Balaban J connectivity index is 1.54. The molecule has 0 unspecified atom stereocenters. The summed E-state index contributed by atoms with van der Waals surface area (Å²) in [4.78, 5) is 0. The van der Waals surface area contributed by atoms with E-state index in [1.165, 1.54) is 29.3 Å². The van der Waals surface area contributed by atoms with E-state index in [-0.39, 0.29) is 0 Å². The predicted octanol–water partition coefficient (Wildman–Crippen LogP) is 4.49. The highest BCUT2D eigenvalue weighted by molar-refractivity contribution is 9.10. The molecule has 0 amide bonds. The van der Waals surface area contributed by atoms with Crippen molar-refractivity contribution in [2.45, 2.75) is 57.6 Å². The third-order valence-corrected chi connectivity index (χ3v) is 4.41. The largest absolute Gasteiger partial charge is 0.379 e. The number of hydrogen-bond acceptors (Lipinski definition) is 2. The molecule has 1 N–H and O–H groups in total. The molecule has 2 rings (SSSR count). The van der Waals surface area contributed by atoms with Crippen LogP contribution in [-0.4, -0.2) is 25.3 Å².